The summed E-state index contributed by atoms with van der Waals surface area (Å²) in [5.74, 6) is 0.846. The van der Waals surface area contributed by atoms with Crippen LogP contribution in [-0.4, -0.2) is 26.9 Å². The molecule has 22 heavy (non-hydrogen) atoms. The van der Waals surface area contributed by atoms with E-state index in [9.17, 15) is 0 Å². The summed E-state index contributed by atoms with van der Waals surface area (Å²) in [4.78, 5) is 0. The summed E-state index contributed by atoms with van der Waals surface area (Å²) < 4.78 is 6.90. The molecule has 1 N–H and O–H groups in total. The molecule has 6 heteroatoms. The van der Waals surface area contributed by atoms with Crippen molar-refractivity contribution in [3.8, 4) is 5.75 Å². The standard InChI is InChI=1S/C16H19N5O/c1-11-9-14(15-19-17-10-21(15)20-11)18-16(2,3)12-5-7-13(22-4)8-6-12/h5-10,18H,1-4H3. The maximum absolute atomic E-state index is 5.21. The second kappa shape index (κ2) is 5.29. The van der Waals surface area contributed by atoms with E-state index in [1.165, 1.54) is 0 Å². The van der Waals surface area contributed by atoms with Crippen LogP contribution in [0.5, 0.6) is 5.75 Å². The van der Waals surface area contributed by atoms with Crippen LogP contribution < -0.4 is 10.1 Å². The number of nitrogens with one attached hydrogen (secondary N) is 1. The van der Waals surface area contributed by atoms with Crippen LogP contribution in [0.4, 0.5) is 5.69 Å². The molecule has 0 aliphatic heterocycles. The van der Waals surface area contributed by atoms with E-state index < -0.39 is 0 Å². The van der Waals surface area contributed by atoms with Crippen molar-refractivity contribution in [3.05, 3.63) is 47.9 Å². The molecule has 3 aromatic rings. The predicted octanol–water partition coefficient (Wildman–Crippen LogP) is 2.79. The average Bonchev–Trinajstić information content (AvgIpc) is 2.95. The van der Waals surface area contributed by atoms with E-state index in [2.05, 4.69) is 46.6 Å². The van der Waals surface area contributed by atoms with Crippen molar-refractivity contribution in [2.24, 2.45) is 0 Å². The van der Waals surface area contributed by atoms with Gasteiger partial charge in [-0.25, -0.2) is 0 Å². The Bertz CT molecular complexity index is 792. The molecule has 0 unspecified atom stereocenters. The SMILES string of the molecule is COc1ccc(C(C)(C)Nc2cc(C)nn3cnnc23)cc1. The summed E-state index contributed by atoms with van der Waals surface area (Å²) in [5.41, 5.74) is 3.41. The highest BCUT2D eigenvalue weighted by Gasteiger charge is 2.22. The first-order chi connectivity index (χ1) is 10.5. The zero-order chi connectivity index (χ0) is 15.7. The van der Waals surface area contributed by atoms with Crippen LogP contribution in [0.1, 0.15) is 25.1 Å². The molecule has 0 radical (unpaired) electrons. The Hall–Kier alpha value is -2.63. The third-order valence-electron chi connectivity index (χ3n) is 3.65. The van der Waals surface area contributed by atoms with Gasteiger partial charge in [-0.3, -0.25) is 0 Å². The van der Waals surface area contributed by atoms with Gasteiger partial charge in [-0.1, -0.05) is 12.1 Å². The van der Waals surface area contributed by atoms with Gasteiger partial charge in [0.25, 0.3) is 0 Å². The Labute approximate surface area is 129 Å². The highest BCUT2D eigenvalue weighted by Crippen LogP contribution is 2.28. The number of hydrogen-bond acceptors (Lipinski definition) is 5. The van der Waals surface area contributed by atoms with E-state index >= 15 is 0 Å². The van der Waals surface area contributed by atoms with E-state index in [0.717, 1.165) is 22.7 Å². The molecule has 114 valence electrons. The normalized spacial score (nSPS) is 11.6. The number of anilines is 1. The lowest BCUT2D eigenvalue weighted by molar-refractivity contribution is 0.414. The first-order valence-corrected chi connectivity index (χ1v) is 7.10. The van der Waals surface area contributed by atoms with E-state index in [-0.39, 0.29) is 5.54 Å². The van der Waals surface area contributed by atoms with Gasteiger partial charge in [-0.2, -0.15) is 9.61 Å². The van der Waals surface area contributed by atoms with Gasteiger partial charge < -0.3 is 10.1 Å². The number of rotatable bonds is 4. The summed E-state index contributed by atoms with van der Waals surface area (Å²) in [6.07, 6.45) is 1.61. The highest BCUT2D eigenvalue weighted by molar-refractivity contribution is 5.68. The van der Waals surface area contributed by atoms with Gasteiger partial charge >= 0.3 is 0 Å². The van der Waals surface area contributed by atoms with Crippen LogP contribution in [0.3, 0.4) is 0 Å². The number of ether oxygens (including phenoxy) is 1. The van der Waals surface area contributed by atoms with Crippen molar-refractivity contribution in [3.63, 3.8) is 0 Å². The topological polar surface area (TPSA) is 64.3 Å². The number of fused-ring (bicyclic) bond motifs is 1. The van der Waals surface area contributed by atoms with E-state index in [0.29, 0.717) is 5.65 Å². The van der Waals surface area contributed by atoms with Gasteiger partial charge in [0, 0.05) is 0 Å². The Balaban J connectivity index is 1.96. The maximum atomic E-state index is 5.21. The van der Waals surface area contributed by atoms with E-state index in [4.69, 9.17) is 4.74 Å². The Morgan fingerprint density at radius 3 is 2.59 bits per heavy atom. The molecular formula is C16H19N5O. The molecule has 0 amide bonds. The number of nitrogens with zero attached hydrogens (tertiary/aromatic N) is 4. The predicted molar refractivity (Wildman–Crippen MR) is 85.2 cm³/mol. The van der Waals surface area contributed by atoms with Crippen molar-refractivity contribution in [1.29, 1.82) is 0 Å². The van der Waals surface area contributed by atoms with Crippen LogP contribution >= 0.6 is 0 Å². The summed E-state index contributed by atoms with van der Waals surface area (Å²) in [6.45, 7) is 6.19. The van der Waals surface area contributed by atoms with Crippen molar-refractivity contribution in [1.82, 2.24) is 19.8 Å². The lowest BCUT2D eigenvalue weighted by Gasteiger charge is -2.28. The largest absolute Gasteiger partial charge is 0.497 e. The van der Waals surface area contributed by atoms with Crippen molar-refractivity contribution in [2.75, 3.05) is 12.4 Å². The number of aromatic nitrogens is 4. The lowest BCUT2D eigenvalue weighted by Crippen LogP contribution is -2.28. The van der Waals surface area contributed by atoms with Crippen molar-refractivity contribution >= 4 is 11.3 Å². The molecule has 0 spiro atoms. The monoisotopic (exact) mass is 297 g/mol. The molecule has 2 aromatic heterocycles. The quantitative estimate of drug-likeness (QED) is 0.802. The average molecular weight is 297 g/mol. The summed E-state index contributed by atoms with van der Waals surface area (Å²) in [6, 6.07) is 10.0. The Morgan fingerprint density at radius 1 is 1.18 bits per heavy atom. The smallest absolute Gasteiger partial charge is 0.200 e. The fourth-order valence-corrected chi connectivity index (χ4v) is 2.46. The van der Waals surface area contributed by atoms with E-state index in [1.54, 1.807) is 18.0 Å². The molecule has 0 bridgehead atoms. The molecule has 0 saturated heterocycles. The number of benzene rings is 1. The number of hydrogen-bond donors (Lipinski definition) is 1. The van der Waals surface area contributed by atoms with Crippen molar-refractivity contribution in [2.45, 2.75) is 26.3 Å². The molecule has 0 aliphatic carbocycles. The molecule has 2 heterocycles. The van der Waals surface area contributed by atoms with Crippen molar-refractivity contribution < 1.29 is 4.74 Å². The van der Waals surface area contributed by atoms with Gasteiger partial charge in [0.1, 0.15) is 12.1 Å². The molecule has 0 aliphatic rings. The van der Waals surface area contributed by atoms with Crippen LogP contribution in [-0.2, 0) is 5.54 Å². The van der Waals surface area contributed by atoms with E-state index in [1.807, 2.05) is 25.1 Å². The van der Waals surface area contributed by atoms with Crippen LogP contribution in [0, 0.1) is 6.92 Å². The van der Waals surface area contributed by atoms with Gasteiger partial charge in [0.2, 0.25) is 5.65 Å². The lowest BCUT2D eigenvalue weighted by atomic mass is 9.94. The van der Waals surface area contributed by atoms with Crippen LogP contribution in [0.25, 0.3) is 5.65 Å². The summed E-state index contributed by atoms with van der Waals surface area (Å²) in [5, 5.41) is 16.0. The summed E-state index contributed by atoms with van der Waals surface area (Å²) in [7, 11) is 1.67. The zero-order valence-electron chi connectivity index (χ0n) is 13.2. The molecule has 0 fully saturated rings. The van der Waals surface area contributed by atoms with Crippen LogP contribution in [0.15, 0.2) is 36.7 Å². The fourth-order valence-electron chi connectivity index (χ4n) is 2.46. The third kappa shape index (κ3) is 2.59. The minimum atomic E-state index is -0.271. The molecule has 0 saturated carbocycles. The molecule has 1 aromatic carbocycles. The van der Waals surface area contributed by atoms with Crippen LogP contribution in [0.2, 0.25) is 0 Å². The zero-order valence-corrected chi connectivity index (χ0v) is 13.2. The number of aryl methyl sites for hydroxylation is 1. The van der Waals surface area contributed by atoms with Gasteiger partial charge in [-0.15, -0.1) is 10.2 Å². The molecule has 3 rings (SSSR count). The first-order valence-electron chi connectivity index (χ1n) is 7.10. The second-order valence-electron chi connectivity index (χ2n) is 5.78. The second-order valence-corrected chi connectivity index (χ2v) is 5.78. The highest BCUT2D eigenvalue weighted by atomic mass is 16.5. The molecule has 0 atom stereocenters. The Morgan fingerprint density at radius 2 is 1.91 bits per heavy atom. The van der Waals surface area contributed by atoms with Gasteiger partial charge in [0.15, 0.2) is 0 Å². The Kier molecular flexibility index (Phi) is 3.44. The van der Waals surface area contributed by atoms with Gasteiger partial charge in [-0.05, 0) is 44.5 Å². The minimum Gasteiger partial charge on any atom is -0.497 e. The maximum Gasteiger partial charge on any atom is 0.200 e. The summed E-state index contributed by atoms with van der Waals surface area (Å²) >= 11 is 0. The molecule has 6 nitrogen and oxygen atoms in total. The van der Waals surface area contributed by atoms with Gasteiger partial charge in [0.05, 0.1) is 24.0 Å². The first kappa shape index (κ1) is 14.3. The molecular weight excluding hydrogens is 278 g/mol. The third-order valence-corrected chi connectivity index (χ3v) is 3.65. The fraction of sp³-hybridized carbons (Fsp3) is 0.312. The number of methoxy groups -OCH3 is 1. The minimum absolute atomic E-state index is 0.271.